The summed E-state index contributed by atoms with van der Waals surface area (Å²) in [5.41, 5.74) is 4.12. The minimum absolute atomic E-state index is 0.00431. The van der Waals surface area contributed by atoms with Crippen LogP contribution in [0.15, 0.2) is 18.2 Å². The van der Waals surface area contributed by atoms with Gasteiger partial charge in [-0.1, -0.05) is 0 Å². The molecule has 0 bridgehead atoms. The third kappa shape index (κ3) is 2.78. The van der Waals surface area contributed by atoms with E-state index in [2.05, 4.69) is 0 Å². The van der Waals surface area contributed by atoms with Gasteiger partial charge >= 0.3 is 0 Å². The van der Waals surface area contributed by atoms with Crippen LogP contribution < -0.4 is 10.6 Å². The smallest absolute Gasteiger partial charge is 0.278 e. The molecule has 2 N–H and O–H groups in total. The highest BCUT2D eigenvalue weighted by atomic mass is 16.6. The average molecular weight is 294 g/mol. The highest BCUT2D eigenvalue weighted by molar-refractivity contribution is 6.00. The van der Waals surface area contributed by atoms with Gasteiger partial charge in [0.15, 0.2) is 0 Å². The lowest BCUT2D eigenvalue weighted by Crippen LogP contribution is -2.28. The summed E-state index contributed by atoms with van der Waals surface area (Å²) in [7, 11) is 0. The van der Waals surface area contributed by atoms with E-state index in [-0.39, 0.29) is 18.7 Å². The molecule has 10 heteroatoms. The molecular weight excluding hydrogens is 284 g/mol. The van der Waals surface area contributed by atoms with Gasteiger partial charge in [-0.15, -0.1) is 0 Å². The Morgan fingerprint density at radius 3 is 2.10 bits per heavy atom. The first kappa shape index (κ1) is 14.4. The Hall–Kier alpha value is -3.04. The Morgan fingerprint density at radius 2 is 1.71 bits per heavy atom. The second-order valence-corrected chi connectivity index (χ2v) is 4.53. The number of nitrogens with zero attached hydrogens (tertiary/aromatic N) is 3. The molecule has 110 valence electrons. The van der Waals surface area contributed by atoms with Crippen molar-refractivity contribution in [3.05, 3.63) is 38.4 Å². The van der Waals surface area contributed by atoms with Crippen molar-refractivity contribution in [1.29, 1.82) is 0 Å². The quantitative estimate of drug-likeness (QED) is 0.624. The Morgan fingerprint density at radius 1 is 1.19 bits per heavy atom. The van der Waals surface area contributed by atoms with E-state index < -0.39 is 39.0 Å². The van der Waals surface area contributed by atoms with Crippen LogP contribution in [0.25, 0.3) is 0 Å². The van der Waals surface area contributed by atoms with Crippen LogP contribution in [0.1, 0.15) is 6.42 Å². The highest BCUT2D eigenvalue weighted by Gasteiger charge is 2.35. The zero-order valence-corrected chi connectivity index (χ0v) is 10.6. The third-order valence-electron chi connectivity index (χ3n) is 3.15. The Kier molecular flexibility index (Phi) is 3.52. The summed E-state index contributed by atoms with van der Waals surface area (Å²) in [4.78, 5) is 44.1. The molecule has 1 heterocycles. The number of nitro benzene ring substituents is 2. The lowest BCUT2D eigenvalue weighted by Gasteiger charge is -2.15. The van der Waals surface area contributed by atoms with E-state index in [1.807, 2.05) is 0 Å². The molecular formula is C11H10N4O6. The minimum Gasteiger partial charge on any atom is -0.369 e. The second-order valence-electron chi connectivity index (χ2n) is 4.53. The first-order valence-corrected chi connectivity index (χ1v) is 5.83. The molecule has 0 aliphatic carbocycles. The van der Waals surface area contributed by atoms with Gasteiger partial charge in [0.25, 0.3) is 11.4 Å². The maximum absolute atomic E-state index is 11.8. The number of benzene rings is 1. The fraction of sp³-hybridized carbons (Fsp3) is 0.273. The van der Waals surface area contributed by atoms with Crippen molar-refractivity contribution in [3.8, 4) is 0 Å². The molecule has 1 atom stereocenters. The van der Waals surface area contributed by atoms with Crippen molar-refractivity contribution in [3.63, 3.8) is 0 Å². The monoisotopic (exact) mass is 294 g/mol. The number of amides is 2. The summed E-state index contributed by atoms with van der Waals surface area (Å²) >= 11 is 0. The molecule has 1 aromatic rings. The van der Waals surface area contributed by atoms with Crippen LogP contribution in [-0.2, 0) is 9.59 Å². The Labute approximate surface area is 117 Å². The van der Waals surface area contributed by atoms with Gasteiger partial charge in [-0.05, 0) is 0 Å². The van der Waals surface area contributed by atoms with E-state index >= 15 is 0 Å². The number of nitrogens with two attached hydrogens (primary N) is 1. The van der Waals surface area contributed by atoms with Crippen LogP contribution in [0.4, 0.5) is 17.1 Å². The van der Waals surface area contributed by atoms with Crippen molar-refractivity contribution in [2.75, 3.05) is 11.4 Å². The first-order chi connectivity index (χ1) is 9.79. The van der Waals surface area contributed by atoms with Gasteiger partial charge in [0.05, 0.1) is 27.5 Å². The van der Waals surface area contributed by atoms with Gasteiger partial charge in [-0.3, -0.25) is 29.8 Å². The van der Waals surface area contributed by atoms with Gasteiger partial charge in [-0.25, -0.2) is 0 Å². The van der Waals surface area contributed by atoms with Gasteiger partial charge in [0, 0.05) is 25.1 Å². The fourth-order valence-electron chi connectivity index (χ4n) is 2.09. The van der Waals surface area contributed by atoms with Crippen LogP contribution in [0, 0.1) is 26.1 Å². The highest BCUT2D eigenvalue weighted by Crippen LogP contribution is 2.32. The van der Waals surface area contributed by atoms with E-state index in [9.17, 15) is 29.8 Å². The number of primary amides is 1. The van der Waals surface area contributed by atoms with Gasteiger partial charge < -0.3 is 10.6 Å². The topological polar surface area (TPSA) is 150 Å². The van der Waals surface area contributed by atoms with Crippen LogP contribution in [0.3, 0.4) is 0 Å². The molecule has 1 aliphatic heterocycles. The zero-order valence-electron chi connectivity index (χ0n) is 10.6. The Bertz CT molecular complexity index is 626. The van der Waals surface area contributed by atoms with Crippen molar-refractivity contribution in [1.82, 2.24) is 0 Å². The molecule has 2 amide bonds. The van der Waals surface area contributed by atoms with Crippen molar-refractivity contribution in [2.45, 2.75) is 6.42 Å². The minimum atomic E-state index is -0.789. The molecule has 0 saturated carbocycles. The van der Waals surface area contributed by atoms with Crippen LogP contribution in [-0.4, -0.2) is 28.2 Å². The molecule has 1 saturated heterocycles. The molecule has 0 spiro atoms. The van der Waals surface area contributed by atoms with Gasteiger partial charge in [0.2, 0.25) is 11.8 Å². The summed E-state index contributed by atoms with van der Waals surface area (Å²) in [5, 5.41) is 21.6. The first-order valence-electron chi connectivity index (χ1n) is 5.83. The molecule has 1 aliphatic rings. The molecule has 1 aromatic carbocycles. The predicted molar refractivity (Wildman–Crippen MR) is 69.4 cm³/mol. The van der Waals surface area contributed by atoms with E-state index in [0.717, 1.165) is 23.1 Å². The molecule has 0 radical (unpaired) electrons. The van der Waals surface area contributed by atoms with Gasteiger partial charge in [0.1, 0.15) is 0 Å². The summed E-state index contributed by atoms with van der Waals surface area (Å²) in [6.07, 6.45) is -0.119. The predicted octanol–water partition coefficient (Wildman–Crippen LogP) is 0.341. The second kappa shape index (κ2) is 5.15. The van der Waals surface area contributed by atoms with Gasteiger partial charge in [-0.2, -0.15) is 0 Å². The van der Waals surface area contributed by atoms with E-state index in [1.165, 1.54) is 0 Å². The van der Waals surface area contributed by atoms with E-state index in [1.54, 1.807) is 0 Å². The van der Waals surface area contributed by atoms with Crippen LogP contribution in [0.2, 0.25) is 0 Å². The van der Waals surface area contributed by atoms with Crippen molar-refractivity contribution >= 4 is 28.9 Å². The van der Waals surface area contributed by atoms with Crippen molar-refractivity contribution in [2.24, 2.45) is 11.7 Å². The summed E-state index contributed by atoms with van der Waals surface area (Å²) < 4.78 is 0. The lowest BCUT2D eigenvalue weighted by atomic mass is 10.1. The molecule has 10 nitrogen and oxygen atoms in total. The number of nitro groups is 2. The van der Waals surface area contributed by atoms with Crippen LogP contribution in [0.5, 0.6) is 0 Å². The summed E-state index contributed by atoms with van der Waals surface area (Å²) in [6, 6.07) is 2.90. The average Bonchev–Trinajstić information content (AvgIpc) is 2.80. The number of carbonyl (C=O) groups excluding carboxylic acids is 2. The zero-order chi connectivity index (χ0) is 15.7. The Balaban J connectivity index is 2.44. The maximum atomic E-state index is 11.8. The fourth-order valence-corrected chi connectivity index (χ4v) is 2.09. The van der Waals surface area contributed by atoms with Crippen LogP contribution >= 0.6 is 0 Å². The standard InChI is InChI=1S/C11H10N4O6/c12-11(17)6-1-10(16)13(5-6)7-2-8(14(18)19)4-9(3-7)15(20)21/h2-4,6H,1,5H2,(H2,12,17). The lowest BCUT2D eigenvalue weighted by molar-refractivity contribution is -0.394. The maximum Gasteiger partial charge on any atom is 0.278 e. The SMILES string of the molecule is NC(=O)C1CC(=O)N(c2cc([N+](=O)[O-])cc([N+](=O)[O-])c2)C1. The normalized spacial score (nSPS) is 17.8. The number of anilines is 1. The molecule has 0 aromatic heterocycles. The molecule has 1 unspecified atom stereocenters. The number of non-ortho nitro benzene ring substituents is 2. The largest absolute Gasteiger partial charge is 0.369 e. The molecule has 2 rings (SSSR count). The molecule has 1 fully saturated rings. The number of hydrogen-bond acceptors (Lipinski definition) is 6. The number of carbonyl (C=O) groups is 2. The van der Waals surface area contributed by atoms with E-state index in [4.69, 9.17) is 5.73 Å². The number of hydrogen-bond donors (Lipinski definition) is 1. The van der Waals surface area contributed by atoms with E-state index in [0.29, 0.717) is 0 Å². The third-order valence-corrected chi connectivity index (χ3v) is 3.15. The number of rotatable bonds is 4. The summed E-state index contributed by atoms with van der Waals surface area (Å²) in [5.74, 6) is -1.84. The van der Waals surface area contributed by atoms with Crippen molar-refractivity contribution < 1.29 is 19.4 Å². The summed E-state index contributed by atoms with van der Waals surface area (Å²) in [6.45, 7) is -0.0491. The molecule has 21 heavy (non-hydrogen) atoms.